The van der Waals surface area contributed by atoms with Gasteiger partial charge in [-0.1, -0.05) is 18.2 Å². The van der Waals surface area contributed by atoms with Gasteiger partial charge in [-0.3, -0.25) is 9.59 Å². The number of anilines is 1. The van der Waals surface area contributed by atoms with Gasteiger partial charge >= 0.3 is 5.97 Å². The molecule has 1 saturated carbocycles. The zero-order valence-corrected chi connectivity index (χ0v) is 22.2. The van der Waals surface area contributed by atoms with E-state index in [4.69, 9.17) is 20.9 Å². The number of nitrogens with one attached hydrogen (secondary N) is 3. The van der Waals surface area contributed by atoms with Crippen LogP contribution < -0.4 is 32.2 Å². The molecular weight excluding hydrogens is 488 g/mol. The van der Waals surface area contributed by atoms with Gasteiger partial charge in [0.25, 0.3) is 5.91 Å². The van der Waals surface area contributed by atoms with Gasteiger partial charge in [0.15, 0.2) is 0 Å². The van der Waals surface area contributed by atoms with Crippen molar-refractivity contribution < 1.29 is 23.9 Å². The van der Waals surface area contributed by atoms with E-state index < -0.39 is 17.5 Å². The van der Waals surface area contributed by atoms with E-state index in [0.29, 0.717) is 22.6 Å². The molecule has 0 bridgehead atoms. The van der Waals surface area contributed by atoms with Gasteiger partial charge < -0.3 is 36.9 Å². The summed E-state index contributed by atoms with van der Waals surface area (Å²) < 4.78 is 11.1. The summed E-state index contributed by atoms with van der Waals surface area (Å²) in [5.74, 6) is -0.834. The molecule has 38 heavy (non-hydrogen) atoms. The Morgan fingerprint density at radius 2 is 1.82 bits per heavy atom. The molecule has 3 rings (SSSR count). The van der Waals surface area contributed by atoms with Crippen LogP contribution in [0, 0.1) is 5.92 Å². The van der Waals surface area contributed by atoms with Crippen molar-refractivity contribution in [3.05, 3.63) is 65.5 Å². The average Bonchev–Trinajstić information content (AvgIpc) is 3.72. The smallest absolute Gasteiger partial charge is 0.357 e. The molecule has 2 aromatic rings. The van der Waals surface area contributed by atoms with Gasteiger partial charge in [0.2, 0.25) is 5.91 Å². The van der Waals surface area contributed by atoms with Crippen LogP contribution in [0.2, 0.25) is 0 Å². The van der Waals surface area contributed by atoms with Crippen molar-refractivity contribution in [2.24, 2.45) is 17.4 Å². The van der Waals surface area contributed by atoms with Crippen molar-refractivity contribution in [3.63, 3.8) is 0 Å². The predicted molar refractivity (Wildman–Crippen MR) is 143 cm³/mol. The van der Waals surface area contributed by atoms with Crippen molar-refractivity contribution in [2.75, 3.05) is 19.5 Å². The number of carbonyl (C=O) groups excluding carboxylic acids is 3. The van der Waals surface area contributed by atoms with Crippen LogP contribution >= 0.6 is 0 Å². The van der Waals surface area contributed by atoms with E-state index in [9.17, 15) is 14.4 Å². The Balaban J connectivity index is 1.94. The van der Waals surface area contributed by atoms with Crippen LogP contribution in [0.4, 0.5) is 5.69 Å². The first-order valence-electron chi connectivity index (χ1n) is 12.1. The highest BCUT2D eigenvalue weighted by Gasteiger charge is 2.29. The van der Waals surface area contributed by atoms with E-state index in [1.165, 1.54) is 20.2 Å². The number of rotatable bonds is 9. The summed E-state index contributed by atoms with van der Waals surface area (Å²) in [7, 11) is 2.95. The number of para-hydroxylation sites is 1. The first kappa shape index (κ1) is 28.0. The van der Waals surface area contributed by atoms with Crippen LogP contribution in [0.1, 0.15) is 44.1 Å². The van der Waals surface area contributed by atoms with Crippen LogP contribution in [0.5, 0.6) is 5.75 Å². The summed E-state index contributed by atoms with van der Waals surface area (Å²) in [6, 6.07) is 8.63. The molecule has 0 spiro atoms. The van der Waals surface area contributed by atoms with Crippen LogP contribution in [0.25, 0.3) is 11.1 Å². The summed E-state index contributed by atoms with van der Waals surface area (Å²) in [5, 5.41) is 8.19. The van der Waals surface area contributed by atoms with Crippen molar-refractivity contribution in [3.8, 4) is 16.9 Å². The minimum atomic E-state index is -0.638. The minimum Gasteiger partial charge on any atom is -0.494 e. The average molecular weight is 523 g/mol. The molecule has 0 atom stereocenters. The third-order valence-electron chi connectivity index (χ3n) is 5.45. The number of likely N-dealkylation sites (N-methyl/N-ethyl adjacent to an activating group) is 1. The third-order valence-corrected chi connectivity index (χ3v) is 5.45. The van der Waals surface area contributed by atoms with Gasteiger partial charge in [0, 0.05) is 36.4 Å². The first-order chi connectivity index (χ1) is 17.9. The quantitative estimate of drug-likeness (QED) is 0.188. The lowest BCUT2D eigenvalue weighted by Crippen LogP contribution is -2.31. The molecule has 7 N–H and O–H groups in total. The maximum absolute atomic E-state index is 12.3. The van der Waals surface area contributed by atoms with Gasteiger partial charge in [-0.05, 0) is 45.7 Å². The summed E-state index contributed by atoms with van der Waals surface area (Å²) in [4.78, 5) is 41.0. The molecule has 2 amide bonds. The Labute approximate surface area is 221 Å². The van der Waals surface area contributed by atoms with Crippen LogP contribution in [0.15, 0.2) is 59.8 Å². The first-order valence-corrected chi connectivity index (χ1v) is 12.1. The number of hydrogen-bond donors (Lipinski definition) is 5. The summed E-state index contributed by atoms with van der Waals surface area (Å²) in [5.41, 5.74) is 13.5. The Hall–Kier alpha value is -4.54. The molecule has 11 heteroatoms. The molecule has 1 fully saturated rings. The number of amides is 2. The fourth-order valence-electron chi connectivity index (χ4n) is 3.45. The van der Waals surface area contributed by atoms with Gasteiger partial charge in [-0.2, -0.15) is 0 Å². The van der Waals surface area contributed by atoms with Crippen molar-refractivity contribution >= 4 is 23.5 Å². The normalized spacial score (nSPS) is 14.2. The number of hydrogen-bond acceptors (Lipinski definition) is 9. The summed E-state index contributed by atoms with van der Waals surface area (Å²) >= 11 is 0. The maximum Gasteiger partial charge on any atom is 0.357 e. The Kier molecular flexibility index (Phi) is 8.61. The Morgan fingerprint density at radius 1 is 1.11 bits per heavy atom. The van der Waals surface area contributed by atoms with E-state index in [0.717, 1.165) is 12.8 Å². The van der Waals surface area contributed by atoms with E-state index >= 15 is 0 Å². The van der Waals surface area contributed by atoms with Crippen molar-refractivity contribution in [2.45, 2.75) is 39.2 Å². The molecule has 1 heterocycles. The summed E-state index contributed by atoms with van der Waals surface area (Å²) in [6.07, 6.45) is 4.56. The minimum absolute atomic E-state index is 0.0355. The van der Waals surface area contributed by atoms with E-state index in [1.54, 1.807) is 51.2 Å². The zero-order valence-electron chi connectivity index (χ0n) is 22.2. The molecule has 11 nitrogen and oxygen atoms in total. The van der Waals surface area contributed by atoms with Crippen LogP contribution in [0.3, 0.4) is 0 Å². The SMILES string of the molecule is CNC(=O)/C(N)=C(/C=C(\N)NC(=O)C1CC1)Nc1cccc(-c2ccc(C(=O)OC(C)(C)C)nc2)c1OC. The second-order valence-corrected chi connectivity index (χ2v) is 9.72. The van der Waals surface area contributed by atoms with Gasteiger partial charge in [-0.15, -0.1) is 0 Å². The number of esters is 1. The molecule has 0 unspecified atom stereocenters. The number of aromatic nitrogens is 1. The molecule has 1 aromatic heterocycles. The lowest BCUT2D eigenvalue weighted by atomic mass is 10.0. The monoisotopic (exact) mass is 522 g/mol. The fraction of sp³-hybridized carbons (Fsp3) is 0.333. The molecule has 0 radical (unpaired) electrons. The van der Waals surface area contributed by atoms with Crippen molar-refractivity contribution in [1.82, 2.24) is 15.6 Å². The number of nitrogens with two attached hydrogens (primary N) is 2. The molecule has 202 valence electrons. The lowest BCUT2D eigenvalue weighted by molar-refractivity contribution is -0.121. The molecule has 0 aliphatic heterocycles. The third kappa shape index (κ3) is 7.25. The number of benzene rings is 1. The topological polar surface area (TPSA) is 171 Å². The Bertz CT molecular complexity index is 1270. The Morgan fingerprint density at radius 3 is 2.37 bits per heavy atom. The standard InChI is InChI=1S/C27H34N6O5/c1-27(2,3)38-26(36)19-12-11-16(14-31-19)17-7-6-8-18(23(17)37-5)32-20(22(29)25(35)30-4)13-21(28)33-24(34)15-9-10-15/h6-8,11-15,32H,9-10,28-29H2,1-5H3,(H,30,35)(H,33,34)/b21-13+,22-20+. The van der Waals surface area contributed by atoms with Crippen LogP contribution in [-0.4, -0.2) is 42.5 Å². The van der Waals surface area contributed by atoms with E-state index in [-0.39, 0.29) is 34.7 Å². The molecule has 1 aliphatic carbocycles. The van der Waals surface area contributed by atoms with Crippen molar-refractivity contribution in [1.29, 1.82) is 0 Å². The van der Waals surface area contributed by atoms with Gasteiger partial charge in [0.05, 0.1) is 18.5 Å². The predicted octanol–water partition coefficient (Wildman–Crippen LogP) is 2.37. The number of ether oxygens (including phenoxy) is 2. The maximum atomic E-state index is 12.3. The second-order valence-electron chi connectivity index (χ2n) is 9.72. The molecular formula is C27H34N6O5. The van der Waals surface area contributed by atoms with Crippen LogP contribution in [-0.2, 0) is 14.3 Å². The highest BCUT2D eigenvalue weighted by Crippen LogP contribution is 2.37. The molecule has 1 aliphatic rings. The van der Waals surface area contributed by atoms with E-state index in [2.05, 4.69) is 20.9 Å². The zero-order chi connectivity index (χ0) is 28.0. The number of allylic oxidation sites excluding steroid dienone is 1. The number of pyridine rings is 1. The fourth-order valence-corrected chi connectivity index (χ4v) is 3.45. The molecule has 0 saturated heterocycles. The van der Waals surface area contributed by atoms with E-state index in [1.807, 2.05) is 6.07 Å². The van der Waals surface area contributed by atoms with Gasteiger partial charge in [0.1, 0.15) is 28.6 Å². The highest BCUT2D eigenvalue weighted by atomic mass is 16.6. The van der Waals surface area contributed by atoms with Gasteiger partial charge in [-0.25, -0.2) is 9.78 Å². The highest BCUT2D eigenvalue weighted by molar-refractivity contribution is 5.94. The lowest BCUT2D eigenvalue weighted by Gasteiger charge is -2.19. The second kappa shape index (κ2) is 11.7. The number of methoxy groups -OCH3 is 1. The largest absolute Gasteiger partial charge is 0.494 e. The molecule has 1 aromatic carbocycles. The number of carbonyl (C=O) groups is 3. The number of nitrogens with zero attached hydrogens (tertiary/aromatic N) is 1. The summed E-state index contributed by atoms with van der Waals surface area (Å²) in [6.45, 7) is 5.35.